The van der Waals surface area contributed by atoms with E-state index in [4.69, 9.17) is 0 Å². The van der Waals surface area contributed by atoms with Crippen molar-refractivity contribution in [2.45, 2.75) is 19.4 Å². The van der Waals surface area contributed by atoms with E-state index < -0.39 is 4.92 Å². The van der Waals surface area contributed by atoms with Gasteiger partial charge in [0, 0.05) is 29.8 Å². The molecule has 96 valence electrons. The fraction of sp³-hybridized carbons (Fsp3) is 0.417. The number of carbonyl (C=O) groups is 1. The molecule has 2 N–H and O–H groups in total. The quantitative estimate of drug-likeness (QED) is 0.618. The van der Waals surface area contributed by atoms with Gasteiger partial charge < -0.3 is 10.6 Å². The molecule has 0 saturated carbocycles. The van der Waals surface area contributed by atoms with Crippen molar-refractivity contribution in [3.63, 3.8) is 0 Å². The third-order valence-electron chi connectivity index (χ3n) is 3.06. The Hall–Kier alpha value is -1.95. The molecule has 1 heterocycles. The molecule has 1 aliphatic heterocycles. The molecular formula is C12H15N3O3. The van der Waals surface area contributed by atoms with E-state index in [2.05, 4.69) is 10.6 Å². The van der Waals surface area contributed by atoms with E-state index in [1.54, 1.807) is 19.1 Å². The van der Waals surface area contributed by atoms with Crippen molar-refractivity contribution in [2.75, 3.05) is 13.1 Å². The number of amides is 1. The van der Waals surface area contributed by atoms with Gasteiger partial charge in [-0.05, 0) is 26.0 Å². The summed E-state index contributed by atoms with van der Waals surface area (Å²) in [6, 6.07) is 4.64. The first kappa shape index (κ1) is 12.5. The minimum absolute atomic E-state index is 0.0211. The molecule has 1 aliphatic rings. The summed E-state index contributed by atoms with van der Waals surface area (Å²) in [5, 5.41) is 16.8. The van der Waals surface area contributed by atoms with Crippen LogP contribution < -0.4 is 10.6 Å². The lowest BCUT2D eigenvalue weighted by atomic mass is 10.1. The molecule has 0 spiro atoms. The molecule has 18 heavy (non-hydrogen) atoms. The molecule has 0 aliphatic carbocycles. The van der Waals surface area contributed by atoms with Gasteiger partial charge in [-0.15, -0.1) is 0 Å². The molecule has 6 nitrogen and oxygen atoms in total. The summed E-state index contributed by atoms with van der Waals surface area (Å²) in [6.45, 7) is 3.29. The van der Waals surface area contributed by atoms with E-state index in [0.717, 1.165) is 19.5 Å². The zero-order valence-corrected chi connectivity index (χ0v) is 10.1. The van der Waals surface area contributed by atoms with Crippen molar-refractivity contribution in [2.24, 2.45) is 0 Å². The Kier molecular flexibility index (Phi) is 3.57. The minimum Gasteiger partial charge on any atom is -0.348 e. The smallest absolute Gasteiger partial charge is 0.273 e. The van der Waals surface area contributed by atoms with E-state index in [9.17, 15) is 14.9 Å². The fourth-order valence-corrected chi connectivity index (χ4v) is 1.99. The Morgan fingerprint density at radius 2 is 2.33 bits per heavy atom. The number of nitro groups is 1. The minimum atomic E-state index is -0.469. The summed E-state index contributed by atoms with van der Waals surface area (Å²) in [6.07, 6.45) is 0.889. The molecule has 0 radical (unpaired) electrons. The highest BCUT2D eigenvalue weighted by Crippen LogP contribution is 2.19. The zero-order valence-electron chi connectivity index (χ0n) is 10.1. The maximum absolute atomic E-state index is 11.9. The first-order valence-electron chi connectivity index (χ1n) is 5.84. The second kappa shape index (κ2) is 5.14. The highest BCUT2D eigenvalue weighted by Gasteiger charge is 2.19. The van der Waals surface area contributed by atoms with Gasteiger partial charge in [0.15, 0.2) is 0 Å². The van der Waals surface area contributed by atoms with Gasteiger partial charge in [-0.3, -0.25) is 14.9 Å². The number of rotatable bonds is 3. The first-order valence-corrected chi connectivity index (χ1v) is 5.84. The molecule has 1 saturated heterocycles. The lowest BCUT2D eigenvalue weighted by molar-refractivity contribution is -0.385. The lowest BCUT2D eigenvalue weighted by Gasteiger charge is -2.11. The highest BCUT2D eigenvalue weighted by atomic mass is 16.6. The highest BCUT2D eigenvalue weighted by molar-refractivity contribution is 5.95. The molecule has 1 atom stereocenters. The number of nitrogens with one attached hydrogen (secondary N) is 2. The van der Waals surface area contributed by atoms with E-state index in [0.29, 0.717) is 11.1 Å². The average Bonchev–Trinajstić information content (AvgIpc) is 2.81. The van der Waals surface area contributed by atoms with Crippen LogP contribution in [0.25, 0.3) is 0 Å². The number of nitrogens with zero attached hydrogens (tertiary/aromatic N) is 1. The van der Waals surface area contributed by atoms with Crippen molar-refractivity contribution < 1.29 is 9.72 Å². The molecule has 2 rings (SSSR count). The van der Waals surface area contributed by atoms with Crippen LogP contribution in [0.3, 0.4) is 0 Å². The van der Waals surface area contributed by atoms with Crippen molar-refractivity contribution in [1.29, 1.82) is 0 Å². The van der Waals surface area contributed by atoms with Gasteiger partial charge in [-0.25, -0.2) is 0 Å². The van der Waals surface area contributed by atoms with Crippen molar-refractivity contribution in [3.05, 3.63) is 39.4 Å². The number of nitro benzene ring substituents is 1. The third-order valence-corrected chi connectivity index (χ3v) is 3.06. The van der Waals surface area contributed by atoms with Crippen LogP contribution in [0, 0.1) is 17.0 Å². The molecular weight excluding hydrogens is 234 g/mol. The van der Waals surface area contributed by atoms with E-state index in [1.807, 2.05) is 0 Å². The largest absolute Gasteiger partial charge is 0.348 e. The van der Waals surface area contributed by atoms with Crippen molar-refractivity contribution in [3.8, 4) is 0 Å². The first-order chi connectivity index (χ1) is 8.58. The number of hydrogen-bond donors (Lipinski definition) is 2. The normalized spacial score (nSPS) is 18.6. The monoisotopic (exact) mass is 249 g/mol. The van der Waals surface area contributed by atoms with Crippen molar-refractivity contribution in [1.82, 2.24) is 10.6 Å². The summed E-state index contributed by atoms with van der Waals surface area (Å²) < 4.78 is 0. The van der Waals surface area contributed by atoms with E-state index in [-0.39, 0.29) is 17.6 Å². The Labute approximate surface area is 105 Å². The van der Waals surface area contributed by atoms with Crippen molar-refractivity contribution >= 4 is 11.6 Å². The molecule has 0 aromatic heterocycles. The van der Waals surface area contributed by atoms with Crippen LogP contribution >= 0.6 is 0 Å². The van der Waals surface area contributed by atoms with Gasteiger partial charge in [-0.2, -0.15) is 0 Å². The molecule has 1 fully saturated rings. The number of benzene rings is 1. The van der Waals surface area contributed by atoms with Crippen LogP contribution in [0.2, 0.25) is 0 Å². The average molecular weight is 249 g/mol. The number of carbonyl (C=O) groups excluding carboxylic acids is 1. The van der Waals surface area contributed by atoms with Crippen LogP contribution in [-0.4, -0.2) is 30.0 Å². The standard InChI is InChI=1S/C12H15N3O3/c1-8-2-3-9(6-11(8)15(17)18)12(16)14-10-4-5-13-7-10/h2-3,6,10,13H,4-5,7H2,1H3,(H,14,16)/t10-/m1/s1. The Balaban J connectivity index is 2.14. The number of hydrogen-bond acceptors (Lipinski definition) is 4. The van der Waals surface area contributed by atoms with Crippen LogP contribution in [0.1, 0.15) is 22.3 Å². The molecule has 1 amide bonds. The Morgan fingerprint density at radius 1 is 1.56 bits per heavy atom. The third kappa shape index (κ3) is 2.65. The van der Waals surface area contributed by atoms with Crippen LogP contribution in [0.4, 0.5) is 5.69 Å². The summed E-state index contributed by atoms with van der Waals surface area (Å²) in [7, 11) is 0. The maximum atomic E-state index is 11.9. The van der Waals surface area contributed by atoms with Crippen LogP contribution in [-0.2, 0) is 0 Å². The summed E-state index contributed by atoms with van der Waals surface area (Å²) >= 11 is 0. The van der Waals surface area contributed by atoms with Gasteiger partial charge in [0.25, 0.3) is 11.6 Å². The van der Waals surface area contributed by atoms with Gasteiger partial charge in [0.1, 0.15) is 0 Å². The predicted octanol–water partition coefficient (Wildman–Crippen LogP) is 0.995. The second-order valence-corrected chi connectivity index (χ2v) is 4.42. The summed E-state index contributed by atoms with van der Waals surface area (Å²) in [5.74, 6) is -0.258. The predicted molar refractivity (Wildman–Crippen MR) is 66.6 cm³/mol. The lowest BCUT2D eigenvalue weighted by Crippen LogP contribution is -2.36. The fourth-order valence-electron chi connectivity index (χ4n) is 1.99. The number of aryl methyl sites for hydroxylation is 1. The second-order valence-electron chi connectivity index (χ2n) is 4.42. The molecule has 6 heteroatoms. The van der Waals surface area contributed by atoms with Crippen LogP contribution in [0.5, 0.6) is 0 Å². The summed E-state index contributed by atoms with van der Waals surface area (Å²) in [4.78, 5) is 22.3. The maximum Gasteiger partial charge on any atom is 0.273 e. The zero-order chi connectivity index (χ0) is 13.1. The van der Waals surface area contributed by atoms with Gasteiger partial charge in [0.2, 0.25) is 0 Å². The topological polar surface area (TPSA) is 84.3 Å². The Bertz CT molecular complexity index is 481. The molecule has 1 aromatic carbocycles. The Morgan fingerprint density at radius 3 is 2.94 bits per heavy atom. The summed E-state index contributed by atoms with van der Waals surface area (Å²) in [5.41, 5.74) is 0.866. The SMILES string of the molecule is Cc1ccc(C(=O)N[C@@H]2CCNC2)cc1[N+](=O)[O-]. The van der Waals surface area contributed by atoms with Gasteiger partial charge >= 0.3 is 0 Å². The molecule has 0 bridgehead atoms. The van der Waals surface area contributed by atoms with E-state index in [1.165, 1.54) is 6.07 Å². The molecule has 1 aromatic rings. The van der Waals surface area contributed by atoms with Gasteiger partial charge in [-0.1, -0.05) is 6.07 Å². The van der Waals surface area contributed by atoms with Gasteiger partial charge in [0.05, 0.1) is 4.92 Å². The molecule has 0 unspecified atom stereocenters. The van der Waals surface area contributed by atoms with Crippen LogP contribution in [0.15, 0.2) is 18.2 Å². The van der Waals surface area contributed by atoms with E-state index >= 15 is 0 Å².